The van der Waals surface area contributed by atoms with E-state index in [0.717, 1.165) is 0 Å². The second-order valence-electron chi connectivity index (χ2n) is 4.51. The van der Waals surface area contributed by atoms with E-state index < -0.39 is 6.04 Å². The molecule has 0 bridgehead atoms. The number of benzene rings is 1. The average molecular weight is 284 g/mol. The second-order valence-corrected chi connectivity index (χ2v) is 4.51. The van der Waals surface area contributed by atoms with Gasteiger partial charge in [-0.1, -0.05) is 12.1 Å². The van der Waals surface area contributed by atoms with Crippen LogP contribution in [0.15, 0.2) is 48.8 Å². The van der Waals surface area contributed by atoms with Gasteiger partial charge in [0.05, 0.1) is 7.11 Å². The van der Waals surface area contributed by atoms with Crippen LogP contribution in [-0.4, -0.2) is 23.8 Å². The molecule has 21 heavy (non-hydrogen) atoms. The number of methoxy groups -OCH3 is 1. The first-order chi connectivity index (χ1) is 10.1. The molecule has 0 aliphatic carbocycles. The minimum absolute atomic E-state index is 0.199. The van der Waals surface area contributed by atoms with Gasteiger partial charge in [0, 0.05) is 24.9 Å². The Morgan fingerprint density at radius 2 is 1.90 bits per heavy atom. The van der Waals surface area contributed by atoms with Crippen molar-refractivity contribution in [3.8, 4) is 5.75 Å². The van der Waals surface area contributed by atoms with Gasteiger partial charge < -0.3 is 10.1 Å². The molecule has 1 atom stereocenters. The Kier molecular flexibility index (Phi) is 4.66. The normalized spacial score (nSPS) is 11.5. The van der Waals surface area contributed by atoms with Crippen molar-refractivity contribution in [3.63, 3.8) is 0 Å². The first-order valence-corrected chi connectivity index (χ1v) is 6.47. The summed E-state index contributed by atoms with van der Waals surface area (Å²) in [5.41, 5.74) is 1.16. The first-order valence-electron chi connectivity index (χ1n) is 6.47. The summed E-state index contributed by atoms with van der Waals surface area (Å²) in [6, 6.07) is 9.52. The molecule has 1 unspecified atom stereocenters. The minimum atomic E-state index is -0.738. The van der Waals surface area contributed by atoms with E-state index in [-0.39, 0.29) is 11.7 Å². The number of ether oxygens (including phenoxy) is 1. The number of aromatic nitrogens is 1. The number of carbonyl (C=O) groups excluding carboxylic acids is 2. The standard InChI is InChI=1S/C16H16N2O3/c1-11(19)18-15(12-6-8-17-9-7-12)16(20)13-4-3-5-14(10-13)21-2/h3-10,15H,1-2H3,(H,18,19). The van der Waals surface area contributed by atoms with Crippen LogP contribution in [0, 0.1) is 0 Å². The van der Waals surface area contributed by atoms with Crippen LogP contribution in [0.2, 0.25) is 0 Å². The molecule has 1 amide bonds. The molecule has 1 aromatic heterocycles. The lowest BCUT2D eigenvalue weighted by Gasteiger charge is -2.17. The number of amides is 1. The van der Waals surface area contributed by atoms with E-state index in [4.69, 9.17) is 4.74 Å². The first kappa shape index (κ1) is 14.7. The quantitative estimate of drug-likeness (QED) is 0.854. The van der Waals surface area contributed by atoms with Crippen LogP contribution in [0.3, 0.4) is 0 Å². The number of carbonyl (C=O) groups is 2. The van der Waals surface area contributed by atoms with E-state index in [2.05, 4.69) is 10.3 Å². The number of nitrogens with zero attached hydrogens (tertiary/aromatic N) is 1. The molecular formula is C16H16N2O3. The zero-order valence-corrected chi connectivity index (χ0v) is 11.9. The van der Waals surface area contributed by atoms with Crippen LogP contribution in [-0.2, 0) is 4.79 Å². The summed E-state index contributed by atoms with van der Waals surface area (Å²) >= 11 is 0. The molecule has 5 nitrogen and oxygen atoms in total. The SMILES string of the molecule is COc1cccc(C(=O)C(NC(C)=O)c2ccncc2)c1. The van der Waals surface area contributed by atoms with E-state index >= 15 is 0 Å². The van der Waals surface area contributed by atoms with Gasteiger partial charge >= 0.3 is 0 Å². The molecule has 0 aliphatic rings. The zero-order chi connectivity index (χ0) is 15.2. The largest absolute Gasteiger partial charge is 0.497 e. The molecule has 1 heterocycles. The Morgan fingerprint density at radius 1 is 1.19 bits per heavy atom. The number of rotatable bonds is 5. The Hall–Kier alpha value is -2.69. The van der Waals surface area contributed by atoms with E-state index in [0.29, 0.717) is 16.9 Å². The molecule has 0 aliphatic heterocycles. The molecule has 0 fully saturated rings. The number of hydrogen-bond acceptors (Lipinski definition) is 4. The van der Waals surface area contributed by atoms with Crippen LogP contribution in [0.1, 0.15) is 28.9 Å². The topological polar surface area (TPSA) is 68.3 Å². The van der Waals surface area contributed by atoms with Crippen molar-refractivity contribution in [2.24, 2.45) is 0 Å². The summed E-state index contributed by atoms with van der Waals surface area (Å²) in [4.78, 5) is 28.0. The van der Waals surface area contributed by atoms with Crippen molar-refractivity contribution in [1.29, 1.82) is 0 Å². The van der Waals surface area contributed by atoms with Gasteiger partial charge in [-0.05, 0) is 29.8 Å². The van der Waals surface area contributed by atoms with Crippen molar-refractivity contribution in [3.05, 3.63) is 59.9 Å². The molecule has 0 saturated heterocycles. The number of pyridine rings is 1. The van der Waals surface area contributed by atoms with Gasteiger partial charge in [0.25, 0.3) is 0 Å². The number of nitrogens with one attached hydrogen (secondary N) is 1. The highest BCUT2D eigenvalue weighted by atomic mass is 16.5. The lowest BCUT2D eigenvalue weighted by Crippen LogP contribution is -2.32. The van der Waals surface area contributed by atoms with Crippen LogP contribution in [0.4, 0.5) is 0 Å². The summed E-state index contributed by atoms with van der Waals surface area (Å²) in [5, 5.41) is 2.67. The summed E-state index contributed by atoms with van der Waals surface area (Å²) in [7, 11) is 1.54. The van der Waals surface area contributed by atoms with Gasteiger partial charge in [-0.3, -0.25) is 14.6 Å². The third-order valence-electron chi connectivity index (χ3n) is 3.00. The predicted octanol–water partition coefficient (Wildman–Crippen LogP) is 2.15. The third-order valence-corrected chi connectivity index (χ3v) is 3.00. The molecule has 1 N–H and O–H groups in total. The van der Waals surface area contributed by atoms with Crippen LogP contribution in [0.25, 0.3) is 0 Å². The Labute approximate surface area is 123 Å². The lowest BCUT2D eigenvalue weighted by atomic mass is 9.98. The Balaban J connectivity index is 2.36. The Bertz CT molecular complexity index is 641. The molecule has 0 radical (unpaired) electrons. The number of ketones is 1. The molecule has 2 aromatic rings. The smallest absolute Gasteiger partial charge is 0.217 e. The monoisotopic (exact) mass is 284 g/mol. The van der Waals surface area contributed by atoms with Crippen molar-refractivity contribution >= 4 is 11.7 Å². The van der Waals surface area contributed by atoms with Crippen LogP contribution in [0.5, 0.6) is 5.75 Å². The van der Waals surface area contributed by atoms with Gasteiger partial charge in [-0.25, -0.2) is 0 Å². The maximum absolute atomic E-state index is 12.7. The third kappa shape index (κ3) is 3.66. The molecular weight excluding hydrogens is 268 g/mol. The fourth-order valence-corrected chi connectivity index (χ4v) is 2.00. The van der Waals surface area contributed by atoms with Crippen molar-refractivity contribution in [2.75, 3.05) is 7.11 Å². The average Bonchev–Trinajstić information content (AvgIpc) is 2.52. The van der Waals surface area contributed by atoms with E-state index in [9.17, 15) is 9.59 Å². The van der Waals surface area contributed by atoms with E-state index in [1.165, 1.54) is 14.0 Å². The van der Waals surface area contributed by atoms with Gasteiger partial charge in [-0.15, -0.1) is 0 Å². The van der Waals surface area contributed by atoms with Crippen LogP contribution >= 0.6 is 0 Å². The van der Waals surface area contributed by atoms with Gasteiger partial charge in [0.1, 0.15) is 11.8 Å². The molecule has 5 heteroatoms. The molecule has 1 aromatic carbocycles. The molecule has 0 saturated carbocycles. The lowest BCUT2D eigenvalue weighted by molar-refractivity contribution is -0.119. The predicted molar refractivity (Wildman–Crippen MR) is 78.1 cm³/mol. The second kappa shape index (κ2) is 6.65. The number of hydrogen-bond donors (Lipinski definition) is 1. The molecule has 0 spiro atoms. The van der Waals surface area contributed by atoms with Gasteiger partial charge in [-0.2, -0.15) is 0 Å². The molecule has 108 valence electrons. The fraction of sp³-hybridized carbons (Fsp3) is 0.188. The van der Waals surface area contributed by atoms with E-state index in [1.54, 1.807) is 48.8 Å². The van der Waals surface area contributed by atoms with E-state index in [1.807, 2.05) is 0 Å². The van der Waals surface area contributed by atoms with Crippen molar-refractivity contribution in [1.82, 2.24) is 10.3 Å². The summed E-state index contributed by atoms with van der Waals surface area (Å²) < 4.78 is 5.12. The van der Waals surface area contributed by atoms with Gasteiger partial charge in [0.2, 0.25) is 5.91 Å². The minimum Gasteiger partial charge on any atom is -0.497 e. The highest BCUT2D eigenvalue weighted by molar-refractivity contribution is 6.02. The maximum atomic E-state index is 12.7. The maximum Gasteiger partial charge on any atom is 0.217 e. The zero-order valence-electron chi connectivity index (χ0n) is 11.9. The van der Waals surface area contributed by atoms with Crippen molar-refractivity contribution < 1.29 is 14.3 Å². The fourth-order valence-electron chi connectivity index (χ4n) is 2.00. The summed E-state index contributed by atoms with van der Waals surface area (Å²) in [6.45, 7) is 1.38. The number of Topliss-reactive ketones (excluding diaryl/α,β-unsaturated/α-hetero) is 1. The summed E-state index contributed by atoms with van der Waals surface area (Å²) in [6.07, 6.45) is 3.17. The highest BCUT2D eigenvalue weighted by Crippen LogP contribution is 2.21. The van der Waals surface area contributed by atoms with Crippen molar-refractivity contribution in [2.45, 2.75) is 13.0 Å². The summed E-state index contributed by atoms with van der Waals surface area (Å²) in [5.74, 6) is 0.125. The van der Waals surface area contributed by atoms with Gasteiger partial charge in [0.15, 0.2) is 5.78 Å². The highest BCUT2D eigenvalue weighted by Gasteiger charge is 2.23. The molecule has 2 rings (SSSR count). The van der Waals surface area contributed by atoms with Crippen LogP contribution < -0.4 is 10.1 Å². The Morgan fingerprint density at radius 3 is 2.52 bits per heavy atom.